The van der Waals surface area contributed by atoms with Crippen molar-refractivity contribution < 1.29 is 9.90 Å². The summed E-state index contributed by atoms with van der Waals surface area (Å²) in [5.74, 6) is 0.258. The Bertz CT molecular complexity index is 327. The zero-order valence-corrected chi connectivity index (χ0v) is 13.8. The Balaban J connectivity index is 1.94. The van der Waals surface area contributed by atoms with Crippen molar-refractivity contribution in [1.29, 1.82) is 0 Å². The SMILES string of the molecule is CC(O)CN(CC(=O)N1CCCCC1C)C1CCCCC1. The number of amides is 1. The summed E-state index contributed by atoms with van der Waals surface area (Å²) in [6.45, 7) is 6.01. The quantitative estimate of drug-likeness (QED) is 0.847. The lowest BCUT2D eigenvalue weighted by Gasteiger charge is -2.38. The van der Waals surface area contributed by atoms with Crippen LogP contribution in [-0.4, -0.2) is 58.6 Å². The molecule has 0 aromatic carbocycles. The van der Waals surface area contributed by atoms with Gasteiger partial charge in [-0.2, -0.15) is 0 Å². The number of likely N-dealkylation sites (tertiary alicyclic amines) is 1. The first kappa shape index (κ1) is 16.8. The van der Waals surface area contributed by atoms with Crippen LogP contribution in [0.5, 0.6) is 0 Å². The fourth-order valence-corrected chi connectivity index (χ4v) is 3.86. The van der Waals surface area contributed by atoms with E-state index in [4.69, 9.17) is 0 Å². The van der Waals surface area contributed by atoms with Crippen molar-refractivity contribution >= 4 is 5.91 Å². The van der Waals surface area contributed by atoms with Gasteiger partial charge in [-0.15, -0.1) is 0 Å². The maximum absolute atomic E-state index is 12.6. The average molecular weight is 296 g/mol. The van der Waals surface area contributed by atoms with Gasteiger partial charge in [0.05, 0.1) is 12.6 Å². The van der Waals surface area contributed by atoms with E-state index >= 15 is 0 Å². The summed E-state index contributed by atoms with van der Waals surface area (Å²) in [7, 11) is 0. The number of nitrogens with zero attached hydrogens (tertiary/aromatic N) is 2. The van der Waals surface area contributed by atoms with Gasteiger partial charge in [0, 0.05) is 25.2 Å². The fraction of sp³-hybridized carbons (Fsp3) is 0.941. The monoisotopic (exact) mass is 296 g/mol. The molecular weight excluding hydrogens is 264 g/mol. The van der Waals surface area contributed by atoms with E-state index in [1.165, 1.54) is 38.5 Å². The van der Waals surface area contributed by atoms with Crippen LogP contribution >= 0.6 is 0 Å². The minimum absolute atomic E-state index is 0.258. The normalized spacial score (nSPS) is 26.1. The third kappa shape index (κ3) is 4.96. The van der Waals surface area contributed by atoms with E-state index in [9.17, 15) is 9.90 Å². The first-order valence-corrected chi connectivity index (χ1v) is 8.79. The van der Waals surface area contributed by atoms with Crippen molar-refractivity contribution in [3.05, 3.63) is 0 Å². The van der Waals surface area contributed by atoms with Crippen LogP contribution in [0.25, 0.3) is 0 Å². The van der Waals surface area contributed by atoms with Crippen molar-refractivity contribution in [3.8, 4) is 0 Å². The molecule has 0 bridgehead atoms. The van der Waals surface area contributed by atoms with Crippen molar-refractivity contribution in [1.82, 2.24) is 9.80 Å². The fourth-order valence-electron chi connectivity index (χ4n) is 3.86. The van der Waals surface area contributed by atoms with Crippen LogP contribution in [-0.2, 0) is 4.79 Å². The highest BCUT2D eigenvalue weighted by Crippen LogP contribution is 2.23. The summed E-state index contributed by atoms with van der Waals surface area (Å²) in [4.78, 5) is 16.9. The summed E-state index contributed by atoms with van der Waals surface area (Å²) in [5.41, 5.74) is 0. The van der Waals surface area contributed by atoms with Gasteiger partial charge in [-0.3, -0.25) is 9.69 Å². The molecule has 1 N–H and O–H groups in total. The molecule has 1 heterocycles. The van der Waals surface area contributed by atoms with Crippen LogP contribution in [0.4, 0.5) is 0 Å². The number of aliphatic hydroxyl groups excluding tert-OH is 1. The molecule has 1 amide bonds. The Hall–Kier alpha value is -0.610. The molecule has 1 saturated heterocycles. The van der Waals surface area contributed by atoms with Gasteiger partial charge < -0.3 is 10.0 Å². The first-order valence-electron chi connectivity index (χ1n) is 8.79. The zero-order valence-electron chi connectivity index (χ0n) is 13.8. The molecular formula is C17H32N2O2. The molecule has 1 aliphatic carbocycles. The van der Waals surface area contributed by atoms with Crippen molar-refractivity contribution in [2.75, 3.05) is 19.6 Å². The first-order chi connectivity index (χ1) is 10.1. The standard InChI is InChI=1S/C17H32N2O2/c1-14-8-6-7-11-19(14)17(21)13-18(12-15(2)20)16-9-4-3-5-10-16/h14-16,20H,3-13H2,1-2H3. The summed E-state index contributed by atoms with van der Waals surface area (Å²) >= 11 is 0. The van der Waals surface area contributed by atoms with Crippen LogP contribution in [0, 0.1) is 0 Å². The number of carbonyl (C=O) groups is 1. The van der Waals surface area contributed by atoms with Gasteiger partial charge in [0.25, 0.3) is 0 Å². The third-order valence-corrected chi connectivity index (χ3v) is 5.05. The molecule has 21 heavy (non-hydrogen) atoms. The molecule has 2 aliphatic rings. The lowest BCUT2D eigenvalue weighted by molar-refractivity contribution is -0.136. The van der Waals surface area contributed by atoms with Crippen LogP contribution in [0.1, 0.15) is 65.2 Å². The molecule has 4 nitrogen and oxygen atoms in total. The Morgan fingerprint density at radius 1 is 1.19 bits per heavy atom. The van der Waals surface area contributed by atoms with E-state index in [1.54, 1.807) is 0 Å². The van der Waals surface area contributed by atoms with E-state index in [0.29, 0.717) is 25.2 Å². The predicted molar refractivity (Wildman–Crippen MR) is 85.2 cm³/mol. The molecule has 1 aliphatic heterocycles. The predicted octanol–water partition coefficient (Wildman–Crippen LogP) is 2.40. The molecule has 1 saturated carbocycles. The topological polar surface area (TPSA) is 43.8 Å². The third-order valence-electron chi connectivity index (χ3n) is 5.05. The van der Waals surface area contributed by atoms with Crippen molar-refractivity contribution in [2.24, 2.45) is 0 Å². The van der Waals surface area contributed by atoms with Gasteiger partial charge in [-0.05, 0) is 46.0 Å². The van der Waals surface area contributed by atoms with Crippen LogP contribution in [0.3, 0.4) is 0 Å². The minimum Gasteiger partial charge on any atom is -0.392 e. The molecule has 4 heteroatoms. The van der Waals surface area contributed by atoms with Crippen LogP contribution in [0.2, 0.25) is 0 Å². The number of piperidine rings is 1. The van der Waals surface area contributed by atoms with Crippen molar-refractivity contribution in [2.45, 2.75) is 83.4 Å². The smallest absolute Gasteiger partial charge is 0.236 e. The summed E-state index contributed by atoms with van der Waals surface area (Å²) < 4.78 is 0. The Morgan fingerprint density at radius 3 is 2.48 bits per heavy atom. The lowest BCUT2D eigenvalue weighted by atomic mass is 9.94. The molecule has 2 unspecified atom stereocenters. The summed E-state index contributed by atoms with van der Waals surface area (Å²) in [6.07, 6.45) is 9.33. The van der Waals surface area contributed by atoms with E-state index in [0.717, 1.165) is 19.4 Å². The highest BCUT2D eigenvalue weighted by molar-refractivity contribution is 5.78. The largest absolute Gasteiger partial charge is 0.392 e. The molecule has 0 aromatic rings. The Morgan fingerprint density at radius 2 is 1.86 bits per heavy atom. The van der Waals surface area contributed by atoms with Gasteiger partial charge in [0.2, 0.25) is 5.91 Å². The molecule has 122 valence electrons. The van der Waals surface area contributed by atoms with Crippen LogP contribution in [0.15, 0.2) is 0 Å². The highest BCUT2D eigenvalue weighted by atomic mass is 16.3. The number of hydrogen-bond acceptors (Lipinski definition) is 3. The summed E-state index contributed by atoms with van der Waals surface area (Å²) in [5, 5.41) is 9.76. The van der Waals surface area contributed by atoms with E-state index in [1.807, 2.05) is 6.92 Å². The average Bonchev–Trinajstić information content (AvgIpc) is 2.47. The number of hydrogen-bond donors (Lipinski definition) is 1. The highest BCUT2D eigenvalue weighted by Gasteiger charge is 2.28. The Kier molecular flexibility index (Phi) is 6.49. The van der Waals surface area contributed by atoms with E-state index < -0.39 is 0 Å². The number of carbonyl (C=O) groups excluding carboxylic acids is 1. The second-order valence-corrected chi connectivity index (χ2v) is 7.00. The second-order valence-electron chi connectivity index (χ2n) is 7.00. The zero-order chi connectivity index (χ0) is 15.2. The molecule has 2 fully saturated rings. The van der Waals surface area contributed by atoms with Crippen LogP contribution < -0.4 is 0 Å². The van der Waals surface area contributed by atoms with Gasteiger partial charge in [0.1, 0.15) is 0 Å². The van der Waals surface area contributed by atoms with Gasteiger partial charge >= 0.3 is 0 Å². The van der Waals surface area contributed by atoms with E-state index in [-0.39, 0.29) is 12.0 Å². The van der Waals surface area contributed by atoms with E-state index in [2.05, 4.69) is 16.7 Å². The molecule has 2 rings (SSSR count). The Labute approximate surface area is 129 Å². The molecule has 2 atom stereocenters. The van der Waals surface area contributed by atoms with Crippen molar-refractivity contribution in [3.63, 3.8) is 0 Å². The molecule has 0 spiro atoms. The maximum atomic E-state index is 12.6. The number of rotatable bonds is 5. The second kappa shape index (κ2) is 8.14. The van der Waals surface area contributed by atoms with Gasteiger partial charge in [-0.1, -0.05) is 19.3 Å². The minimum atomic E-state index is -0.362. The van der Waals surface area contributed by atoms with Gasteiger partial charge in [0.15, 0.2) is 0 Å². The molecule has 0 aromatic heterocycles. The van der Waals surface area contributed by atoms with Gasteiger partial charge in [-0.25, -0.2) is 0 Å². The summed E-state index contributed by atoms with van der Waals surface area (Å²) in [6, 6.07) is 0.864. The number of aliphatic hydroxyl groups is 1. The maximum Gasteiger partial charge on any atom is 0.236 e. The lowest BCUT2D eigenvalue weighted by Crippen LogP contribution is -2.50. The molecule has 0 radical (unpaired) electrons.